The van der Waals surface area contributed by atoms with Crippen LogP contribution < -0.4 is 4.74 Å². The molecule has 1 amide bonds. The lowest BCUT2D eigenvalue weighted by Gasteiger charge is -2.31. The molecule has 0 radical (unpaired) electrons. The molecule has 0 atom stereocenters. The van der Waals surface area contributed by atoms with Crippen LogP contribution in [-0.4, -0.2) is 36.8 Å². The van der Waals surface area contributed by atoms with E-state index in [4.69, 9.17) is 4.74 Å². The largest absolute Gasteiger partial charge is 0.497 e. The van der Waals surface area contributed by atoms with Gasteiger partial charge < -0.3 is 9.64 Å². The summed E-state index contributed by atoms with van der Waals surface area (Å²) in [5, 5.41) is 0. The van der Waals surface area contributed by atoms with Gasteiger partial charge in [0.05, 0.1) is 7.11 Å². The third kappa shape index (κ3) is 3.82. The third-order valence-corrected chi connectivity index (χ3v) is 6.12. The lowest BCUT2D eigenvalue weighted by atomic mass is 9.88. The molecule has 4 rings (SSSR count). The predicted molar refractivity (Wildman–Crippen MR) is 109 cm³/mol. The first-order valence-electron chi connectivity index (χ1n) is 10.2. The van der Waals surface area contributed by atoms with Gasteiger partial charge in [-0.25, -0.2) is 0 Å². The van der Waals surface area contributed by atoms with Crippen LogP contribution in [-0.2, 0) is 12.8 Å². The second-order valence-electron chi connectivity index (χ2n) is 7.85. The third-order valence-electron chi connectivity index (χ3n) is 6.12. The molecule has 0 aromatic heterocycles. The maximum Gasteiger partial charge on any atom is 0.253 e. The Kier molecular flexibility index (Phi) is 5.47. The van der Waals surface area contributed by atoms with Crippen LogP contribution in [0.25, 0.3) is 0 Å². The van der Waals surface area contributed by atoms with Gasteiger partial charge in [0.1, 0.15) is 5.75 Å². The van der Waals surface area contributed by atoms with Gasteiger partial charge in [-0.05, 0) is 86.1 Å². The first kappa shape index (κ1) is 18.7. The molecule has 0 bridgehead atoms. The molecule has 1 aliphatic heterocycles. The van der Waals surface area contributed by atoms with Crippen LogP contribution in [0.3, 0.4) is 0 Å². The fourth-order valence-electron chi connectivity index (χ4n) is 4.38. The maximum atomic E-state index is 12.9. The van der Waals surface area contributed by atoms with Gasteiger partial charge in [-0.15, -0.1) is 0 Å². The van der Waals surface area contributed by atoms with E-state index >= 15 is 0 Å². The molecular formula is C24H27NO3. The average Bonchev–Trinajstić information content (AvgIpc) is 2.78. The number of ketones is 1. The molecule has 0 spiro atoms. The zero-order chi connectivity index (χ0) is 19.5. The molecule has 2 aromatic rings. The number of methoxy groups -OCH3 is 1. The Morgan fingerprint density at radius 3 is 2.21 bits per heavy atom. The molecule has 1 fully saturated rings. The van der Waals surface area contributed by atoms with Crippen molar-refractivity contribution in [1.82, 2.24) is 4.90 Å². The van der Waals surface area contributed by atoms with E-state index < -0.39 is 0 Å². The van der Waals surface area contributed by atoms with Gasteiger partial charge in [-0.3, -0.25) is 9.59 Å². The highest BCUT2D eigenvalue weighted by atomic mass is 16.5. The number of nitrogens with zero attached hydrogens (tertiary/aromatic N) is 1. The highest BCUT2D eigenvalue weighted by Gasteiger charge is 2.28. The quantitative estimate of drug-likeness (QED) is 0.746. The Morgan fingerprint density at radius 2 is 1.54 bits per heavy atom. The molecule has 1 aliphatic carbocycles. The fourth-order valence-corrected chi connectivity index (χ4v) is 4.38. The van der Waals surface area contributed by atoms with Crippen LogP contribution in [0.2, 0.25) is 0 Å². The van der Waals surface area contributed by atoms with E-state index in [1.165, 1.54) is 24.0 Å². The number of hydrogen-bond donors (Lipinski definition) is 0. The van der Waals surface area contributed by atoms with E-state index in [1.807, 2.05) is 35.2 Å². The number of hydrogen-bond acceptors (Lipinski definition) is 3. The second-order valence-corrected chi connectivity index (χ2v) is 7.85. The number of Topliss-reactive ketones (excluding diaryl/α,β-unsaturated/α-hetero) is 1. The average molecular weight is 377 g/mol. The van der Waals surface area contributed by atoms with Gasteiger partial charge in [0.25, 0.3) is 5.91 Å². The number of likely N-dealkylation sites (tertiary alicyclic amines) is 1. The molecule has 2 aliphatic rings. The van der Waals surface area contributed by atoms with E-state index in [9.17, 15) is 9.59 Å². The molecule has 0 saturated carbocycles. The van der Waals surface area contributed by atoms with Crippen molar-refractivity contribution >= 4 is 11.7 Å². The molecule has 146 valence electrons. The van der Waals surface area contributed by atoms with Crippen molar-refractivity contribution in [2.45, 2.75) is 38.5 Å². The number of carbonyl (C=O) groups is 2. The van der Waals surface area contributed by atoms with Crippen LogP contribution >= 0.6 is 0 Å². The summed E-state index contributed by atoms with van der Waals surface area (Å²) in [5.41, 5.74) is 4.24. The van der Waals surface area contributed by atoms with Crippen molar-refractivity contribution in [2.24, 2.45) is 5.92 Å². The van der Waals surface area contributed by atoms with Crippen molar-refractivity contribution in [2.75, 3.05) is 20.2 Å². The Morgan fingerprint density at radius 1 is 0.893 bits per heavy atom. The molecule has 2 aromatic carbocycles. The summed E-state index contributed by atoms with van der Waals surface area (Å²) in [6, 6.07) is 13.5. The highest BCUT2D eigenvalue weighted by Crippen LogP contribution is 2.26. The molecular weight excluding hydrogens is 350 g/mol. The Hall–Kier alpha value is -2.62. The maximum absolute atomic E-state index is 12.9. The lowest BCUT2D eigenvalue weighted by Crippen LogP contribution is -2.40. The standard InChI is InChI=1S/C24H27NO3/c1-28-22-10-8-18(9-11-22)23(26)19-12-14-25(15-13-19)24(27)21-7-6-17-4-2-3-5-20(17)16-21/h6-11,16,19H,2-5,12-15H2,1H3. The van der Waals surface area contributed by atoms with Crippen molar-refractivity contribution in [1.29, 1.82) is 0 Å². The second kappa shape index (κ2) is 8.17. The van der Waals surface area contributed by atoms with Crippen LogP contribution in [0.5, 0.6) is 5.75 Å². The van der Waals surface area contributed by atoms with Crippen molar-refractivity contribution < 1.29 is 14.3 Å². The number of rotatable bonds is 4. The minimum absolute atomic E-state index is 0.0130. The fraction of sp³-hybridized carbons (Fsp3) is 0.417. The van der Waals surface area contributed by atoms with E-state index in [2.05, 4.69) is 12.1 Å². The molecule has 4 heteroatoms. The molecule has 0 unspecified atom stereocenters. The summed E-state index contributed by atoms with van der Waals surface area (Å²) < 4.78 is 5.16. The van der Waals surface area contributed by atoms with Gasteiger partial charge in [0, 0.05) is 30.1 Å². The Labute approximate surface area is 166 Å². The van der Waals surface area contributed by atoms with Crippen LogP contribution in [0, 0.1) is 5.92 Å². The van der Waals surface area contributed by atoms with Crippen molar-refractivity contribution in [3.63, 3.8) is 0 Å². The minimum atomic E-state index is -0.0130. The number of aryl methyl sites for hydroxylation is 2. The van der Waals surface area contributed by atoms with Crippen molar-refractivity contribution in [3.05, 3.63) is 64.7 Å². The van der Waals surface area contributed by atoms with E-state index in [0.717, 1.165) is 42.6 Å². The summed E-state index contributed by atoms with van der Waals surface area (Å²) in [5.74, 6) is 1.01. The smallest absolute Gasteiger partial charge is 0.253 e. The topological polar surface area (TPSA) is 46.6 Å². The van der Waals surface area contributed by atoms with Gasteiger partial charge >= 0.3 is 0 Å². The first-order valence-corrected chi connectivity index (χ1v) is 10.2. The molecule has 1 heterocycles. The zero-order valence-electron chi connectivity index (χ0n) is 16.4. The Bertz CT molecular complexity index is 864. The van der Waals surface area contributed by atoms with Crippen LogP contribution in [0.4, 0.5) is 0 Å². The summed E-state index contributed by atoms with van der Waals surface area (Å²) in [6.45, 7) is 1.28. The zero-order valence-corrected chi connectivity index (χ0v) is 16.4. The summed E-state index contributed by atoms with van der Waals surface area (Å²) in [7, 11) is 1.62. The van der Waals surface area contributed by atoms with Gasteiger partial charge in [-0.1, -0.05) is 6.07 Å². The highest BCUT2D eigenvalue weighted by molar-refractivity contribution is 5.98. The van der Waals surface area contributed by atoms with E-state index in [-0.39, 0.29) is 17.6 Å². The summed E-state index contributed by atoms with van der Waals surface area (Å²) in [4.78, 5) is 27.6. The molecule has 1 saturated heterocycles. The normalized spacial score (nSPS) is 17.1. The van der Waals surface area contributed by atoms with Gasteiger partial charge in [0.15, 0.2) is 5.78 Å². The Balaban J connectivity index is 1.38. The number of piperidine rings is 1. The number of carbonyl (C=O) groups excluding carboxylic acids is 2. The van der Waals surface area contributed by atoms with Gasteiger partial charge in [0.2, 0.25) is 0 Å². The summed E-state index contributed by atoms with van der Waals surface area (Å²) in [6.07, 6.45) is 6.11. The summed E-state index contributed by atoms with van der Waals surface area (Å²) >= 11 is 0. The molecule has 0 N–H and O–H groups in total. The van der Waals surface area contributed by atoms with E-state index in [1.54, 1.807) is 7.11 Å². The van der Waals surface area contributed by atoms with E-state index in [0.29, 0.717) is 13.1 Å². The first-order chi connectivity index (χ1) is 13.7. The predicted octanol–water partition coefficient (Wildman–Crippen LogP) is 4.31. The number of amides is 1. The SMILES string of the molecule is COc1ccc(C(=O)C2CCN(C(=O)c3ccc4c(c3)CCCC4)CC2)cc1. The number of fused-ring (bicyclic) bond motifs is 1. The number of ether oxygens (including phenoxy) is 1. The molecule has 4 nitrogen and oxygen atoms in total. The van der Waals surface area contributed by atoms with Crippen molar-refractivity contribution in [3.8, 4) is 5.75 Å². The number of benzene rings is 2. The van der Waals surface area contributed by atoms with Crippen LogP contribution in [0.1, 0.15) is 57.5 Å². The van der Waals surface area contributed by atoms with Gasteiger partial charge in [-0.2, -0.15) is 0 Å². The monoisotopic (exact) mass is 377 g/mol. The van der Waals surface area contributed by atoms with Crippen LogP contribution in [0.15, 0.2) is 42.5 Å². The minimum Gasteiger partial charge on any atom is -0.497 e. The molecule has 28 heavy (non-hydrogen) atoms. The lowest BCUT2D eigenvalue weighted by molar-refractivity contribution is 0.0650.